The van der Waals surface area contributed by atoms with Crippen LogP contribution in [0.1, 0.15) is 6.92 Å². The number of halogens is 4. The molecule has 0 aliphatic carbocycles. The fourth-order valence-electron chi connectivity index (χ4n) is 1.97. The Balaban J connectivity index is 2.56. The van der Waals surface area contributed by atoms with E-state index in [1.54, 1.807) is 0 Å². The van der Waals surface area contributed by atoms with Crippen LogP contribution in [0.3, 0.4) is 0 Å². The maximum atomic E-state index is 13.1. The van der Waals surface area contributed by atoms with Gasteiger partial charge in [-0.05, 0) is 60.9 Å². The molecule has 1 aromatic rings. The van der Waals surface area contributed by atoms with Crippen molar-refractivity contribution >= 4 is 45.6 Å². The predicted octanol–water partition coefficient (Wildman–Crippen LogP) is 3.98. The van der Waals surface area contributed by atoms with Gasteiger partial charge in [0.2, 0.25) is 0 Å². The molecule has 0 aromatic carbocycles. The maximum Gasteiger partial charge on any atom is 0.417 e. The number of aromatic nitrogens is 1. The summed E-state index contributed by atoms with van der Waals surface area (Å²) < 4.78 is 71.3. The largest absolute Gasteiger partial charge is 0.417 e. The normalized spacial score (nSPS) is 18.2. The summed E-state index contributed by atoms with van der Waals surface area (Å²) in [7, 11) is -4.70. The van der Waals surface area contributed by atoms with Crippen LogP contribution in [0.15, 0.2) is 45.6 Å². The summed E-state index contributed by atoms with van der Waals surface area (Å²) >= 11 is 3.15. The Bertz CT molecular complexity index is 864. The molecule has 0 saturated heterocycles. The van der Waals surface area contributed by atoms with E-state index < -0.39 is 30.3 Å². The highest BCUT2D eigenvalue weighted by molar-refractivity contribution is 9.10. The second kappa shape index (κ2) is 7.60. The number of hydrogen-bond donors (Lipinski definition) is 0. The third kappa shape index (κ3) is 4.33. The minimum Gasteiger partial charge on any atom is -0.363 e. The van der Waals surface area contributed by atoms with E-state index in [0.29, 0.717) is 0 Å². The van der Waals surface area contributed by atoms with Crippen molar-refractivity contribution in [1.29, 1.82) is 0 Å². The van der Waals surface area contributed by atoms with Crippen molar-refractivity contribution in [1.82, 2.24) is 4.98 Å². The molecule has 0 bridgehead atoms. The van der Waals surface area contributed by atoms with E-state index in [2.05, 4.69) is 20.9 Å². The van der Waals surface area contributed by atoms with E-state index in [-0.39, 0.29) is 22.6 Å². The van der Waals surface area contributed by atoms with Crippen molar-refractivity contribution < 1.29 is 26.3 Å². The van der Waals surface area contributed by atoms with Gasteiger partial charge in [-0.2, -0.15) is 21.6 Å². The lowest BCUT2D eigenvalue weighted by atomic mass is 10.1. The summed E-state index contributed by atoms with van der Waals surface area (Å²) in [4.78, 5) is 3.95. The SMILES string of the molecule is COCN(c1cccnc1Br)S(=O)(=O)S1=CC(C(F)(F)F)=C(C)C=C1. The van der Waals surface area contributed by atoms with Gasteiger partial charge < -0.3 is 4.74 Å². The average molecular weight is 459 g/mol. The number of hydrogen-bond acceptors (Lipinski definition) is 4. The Hall–Kier alpha value is -1.17. The highest BCUT2D eigenvalue weighted by atomic mass is 79.9. The van der Waals surface area contributed by atoms with Crippen LogP contribution >= 0.6 is 25.4 Å². The van der Waals surface area contributed by atoms with Gasteiger partial charge in [-0.1, -0.05) is 6.08 Å². The molecule has 5 nitrogen and oxygen atoms in total. The van der Waals surface area contributed by atoms with E-state index in [9.17, 15) is 21.6 Å². The van der Waals surface area contributed by atoms with Crippen LogP contribution in [0.2, 0.25) is 0 Å². The zero-order valence-electron chi connectivity index (χ0n) is 13.1. The van der Waals surface area contributed by atoms with Gasteiger partial charge in [-0.25, -0.2) is 9.29 Å². The number of nitrogens with zero attached hydrogens (tertiary/aromatic N) is 2. The first-order chi connectivity index (χ1) is 11.6. The van der Waals surface area contributed by atoms with Crippen LogP contribution < -0.4 is 4.31 Å². The number of rotatable bonds is 5. The first-order valence-electron chi connectivity index (χ1n) is 6.74. The van der Waals surface area contributed by atoms with E-state index in [1.165, 1.54) is 43.8 Å². The summed E-state index contributed by atoms with van der Waals surface area (Å²) in [6, 6.07) is 3.00. The van der Waals surface area contributed by atoms with Crippen LogP contribution in [-0.2, 0) is 13.8 Å². The Morgan fingerprint density at radius 1 is 1.40 bits per heavy atom. The minimum absolute atomic E-state index is 0.0349. The summed E-state index contributed by atoms with van der Waals surface area (Å²) in [6.45, 7) is 0.926. The highest BCUT2D eigenvalue weighted by Crippen LogP contribution is 2.40. The standard InChI is InChI=1S/C14H14BrF3N2O3S2/c1-10-5-7-24(8-11(10)14(16,17)18)25(21,22)20(9-23-2)12-4-3-6-19-13(12)15/h3-8H,9H2,1-2H3. The lowest BCUT2D eigenvalue weighted by molar-refractivity contribution is -0.0859. The van der Waals surface area contributed by atoms with Gasteiger partial charge in [-0.3, -0.25) is 0 Å². The first-order valence-corrected chi connectivity index (χ1v) is 10.8. The molecule has 0 N–H and O–H groups in total. The molecule has 0 radical (unpaired) electrons. The quantitative estimate of drug-likeness (QED) is 0.289. The second-order valence-corrected chi connectivity index (χ2v) is 10.5. The zero-order valence-corrected chi connectivity index (χ0v) is 16.3. The molecule has 1 aliphatic heterocycles. The van der Waals surface area contributed by atoms with E-state index >= 15 is 0 Å². The number of methoxy groups -OCH3 is 1. The number of anilines is 1. The molecule has 0 fully saturated rings. The summed E-state index contributed by atoms with van der Waals surface area (Å²) in [6.07, 6.45) is -2.00. The Kier molecular flexibility index (Phi) is 6.13. The van der Waals surface area contributed by atoms with E-state index in [4.69, 9.17) is 4.74 Å². The Morgan fingerprint density at radius 3 is 2.64 bits per heavy atom. The minimum atomic E-state index is -4.63. The van der Waals surface area contributed by atoms with Gasteiger partial charge in [0.25, 0.3) is 9.06 Å². The average Bonchev–Trinajstić information content (AvgIpc) is 2.52. The third-order valence-electron chi connectivity index (χ3n) is 3.18. The van der Waals surface area contributed by atoms with Gasteiger partial charge in [0.1, 0.15) is 11.3 Å². The molecule has 1 unspecified atom stereocenters. The number of alkyl halides is 3. The van der Waals surface area contributed by atoms with Crippen LogP contribution in [0.5, 0.6) is 0 Å². The molecule has 138 valence electrons. The van der Waals surface area contributed by atoms with E-state index in [0.717, 1.165) is 9.67 Å². The van der Waals surface area contributed by atoms with Gasteiger partial charge in [0, 0.05) is 13.3 Å². The Labute approximate surface area is 153 Å². The van der Waals surface area contributed by atoms with Crippen molar-refractivity contribution in [3.63, 3.8) is 0 Å². The van der Waals surface area contributed by atoms with Crippen molar-refractivity contribution in [2.24, 2.45) is 0 Å². The Morgan fingerprint density at radius 2 is 2.08 bits per heavy atom. The van der Waals surface area contributed by atoms with Gasteiger partial charge in [0.05, 0.1) is 11.3 Å². The smallest absolute Gasteiger partial charge is 0.363 e. The monoisotopic (exact) mass is 458 g/mol. The molecule has 0 spiro atoms. The molecule has 2 heterocycles. The highest BCUT2D eigenvalue weighted by Gasteiger charge is 2.37. The van der Waals surface area contributed by atoms with Crippen molar-refractivity contribution in [2.75, 3.05) is 18.1 Å². The third-order valence-corrected chi connectivity index (χ3v) is 8.62. The molecule has 0 saturated carbocycles. The lowest BCUT2D eigenvalue weighted by Gasteiger charge is -2.26. The van der Waals surface area contributed by atoms with Crippen LogP contribution in [0, 0.1) is 0 Å². The van der Waals surface area contributed by atoms with Crippen LogP contribution in [-0.4, -0.2) is 38.8 Å². The van der Waals surface area contributed by atoms with Gasteiger partial charge in [0.15, 0.2) is 0 Å². The first kappa shape index (κ1) is 20.1. The lowest BCUT2D eigenvalue weighted by Crippen LogP contribution is -2.32. The van der Waals surface area contributed by atoms with Gasteiger partial charge in [-0.15, -0.1) is 0 Å². The molecule has 11 heteroatoms. The predicted molar refractivity (Wildman–Crippen MR) is 96.8 cm³/mol. The topological polar surface area (TPSA) is 59.5 Å². The molecule has 1 aromatic heterocycles. The number of ether oxygens (including phenoxy) is 1. The molecular formula is C14H14BrF3N2O3S2. The van der Waals surface area contributed by atoms with Crippen LogP contribution in [0.4, 0.5) is 18.9 Å². The van der Waals surface area contributed by atoms with Gasteiger partial charge >= 0.3 is 6.18 Å². The summed E-state index contributed by atoms with van der Waals surface area (Å²) in [5.41, 5.74) is -0.810. The second-order valence-electron chi connectivity index (χ2n) is 4.88. The molecule has 25 heavy (non-hydrogen) atoms. The summed E-state index contributed by atoms with van der Waals surface area (Å²) in [5, 5.41) is 1.98. The van der Waals surface area contributed by atoms with Crippen molar-refractivity contribution in [3.05, 3.63) is 45.6 Å². The molecular weight excluding hydrogens is 445 g/mol. The molecule has 2 rings (SSSR count). The maximum absolute atomic E-state index is 13.1. The number of pyridine rings is 1. The van der Waals surface area contributed by atoms with E-state index in [1.807, 2.05) is 0 Å². The van der Waals surface area contributed by atoms with Crippen LogP contribution in [0.25, 0.3) is 0 Å². The summed E-state index contributed by atoms with van der Waals surface area (Å²) in [5.74, 6) is 0. The molecule has 0 amide bonds. The molecule has 1 atom stereocenters. The van der Waals surface area contributed by atoms with Crippen molar-refractivity contribution in [2.45, 2.75) is 13.1 Å². The fourth-order valence-corrected chi connectivity index (χ4v) is 6.85. The number of allylic oxidation sites excluding steroid dienone is 3. The molecule has 1 aliphatic rings. The van der Waals surface area contributed by atoms with Crippen molar-refractivity contribution in [3.8, 4) is 0 Å². The zero-order chi connectivity index (χ0) is 18.8. The fraction of sp³-hybridized carbons (Fsp3) is 0.286.